The van der Waals surface area contributed by atoms with Crippen molar-refractivity contribution >= 4 is 11.8 Å². The van der Waals surface area contributed by atoms with Gasteiger partial charge in [0.15, 0.2) is 0 Å². The second-order valence-electron chi connectivity index (χ2n) is 3.47. The van der Waals surface area contributed by atoms with Crippen LogP contribution in [0, 0.1) is 0 Å². The van der Waals surface area contributed by atoms with Crippen LogP contribution in [-0.4, -0.2) is 51.0 Å². The molecule has 4 heteroatoms. The molecule has 0 aromatic heterocycles. The van der Waals surface area contributed by atoms with Crippen molar-refractivity contribution in [3.63, 3.8) is 0 Å². The molecule has 0 aliphatic carbocycles. The minimum Gasteiger partial charge on any atom is -0.382 e. The monoisotopic (exact) mass is 219 g/mol. The molecule has 0 aromatic carbocycles. The summed E-state index contributed by atoms with van der Waals surface area (Å²) in [4.78, 5) is 0. The average Bonchev–Trinajstić information content (AvgIpc) is 2.25. The zero-order valence-corrected chi connectivity index (χ0v) is 9.78. The SMILES string of the molecule is COCCOCCNC1CCCSC1. The summed E-state index contributed by atoms with van der Waals surface area (Å²) in [5.74, 6) is 2.60. The van der Waals surface area contributed by atoms with E-state index in [-0.39, 0.29) is 0 Å². The van der Waals surface area contributed by atoms with Crippen LogP contribution in [0.25, 0.3) is 0 Å². The number of methoxy groups -OCH3 is 1. The Balaban J connectivity index is 1.82. The fraction of sp³-hybridized carbons (Fsp3) is 1.00. The maximum atomic E-state index is 5.37. The zero-order valence-electron chi connectivity index (χ0n) is 8.96. The molecule has 0 spiro atoms. The number of nitrogens with one attached hydrogen (secondary N) is 1. The summed E-state index contributed by atoms with van der Waals surface area (Å²) in [5, 5.41) is 3.51. The second-order valence-corrected chi connectivity index (χ2v) is 4.62. The van der Waals surface area contributed by atoms with Crippen LogP contribution in [0.2, 0.25) is 0 Å². The van der Waals surface area contributed by atoms with Crippen LogP contribution in [0.4, 0.5) is 0 Å². The summed E-state index contributed by atoms with van der Waals surface area (Å²) in [6, 6.07) is 0.708. The Labute approximate surface area is 90.9 Å². The van der Waals surface area contributed by atoms with Gasteiger partial charge in [-0.3, -0.25) is 0 Å². The maximum absolute atomic E-state index is 5.37. The third kappa shape index (κ3) is 5.86. The van der Waals surface area contributed by atoms with Crippen molar-refractivity contribution in [1.29, 1.82) is 0 Å². The molecule has 1 unspecified atom stereocenters. The minimum absolute atomic E-state index is 0.694. The van der Waals surface area contributed by atoms with E-state index in [9.17, 15) is 0 Å². The Morgan fingerprint density at radius 3 is 3.00 bits per heavy atom. The van der Waals surface area contributed by atoms with E-state index in [1.807, 2.05) is 0 Å². The first kappa shape index (κ1) is 12.3. The molecule has 0 saturated carbocycles. The van der Waals surface area contributed by atoms with E-state index in [1.54, 1.807) is 7.11 Å². The topological polar surface area (TPSA) is 30.5 Å². The molecular formula is C10H21NO2S. The normalized spacial score (nSPS) is 22.5. The molecular weight excluding hydrogens is 198 g/mol. The van der Waals surface area contributed by atoms with Crippen LogP contribution < -0.4 is 5.32 Å². The fourth-order valence-corrected chi connectivity index (χ4v) is 2.59. The molecule has 0 aromatic rings. The van der Waals surface area contributed by atoms with Crippen LogP contribution in [-0.2, 0) is 9.47 Å². The van der Waals surface area contributed by atoms with Gasteiger partial charge in [-0.05, 0) is 18.6 Å². The van der Waals surface area contributed by atoms with Crippen molar-refractivity contribution in [2.45, 2.75) is 18.9 Å². The Hall–Kier alpha value is 0.230. The van der Waals surface area contributed by atoms with Crippen LogP contribution >= 0.6 is 11.8 Å². The van der Waals surface area contributed by atoms with Gasteiger partial charge < -0.3 is 14.8 Å². The average molecular weight is 219 g/mol. The molecule has 3 nitrogen and oxygen atoms in total. The van der Waals surface area contributed by atoms with E-state index >= 15 is 0 Å². The quantitative estimate of drug-likeness (QED) is 0.650. The summed E-state index contributed by atoms with van der Waals surface area (Å²) >= 11 is 2.05. The van der Waals surface area contributed by atoms with Crippen LogP contribution in [0.5, 0.6) is 0 Å². The lowest BCUT2D eigenvalue weighted by molar-refractivity contribution is 0.0711. The summed E-state index contributed by atoms with van der Waals surface area (Å²) in [5.41, 5.74) is 0. The summed E-state index contributed by atoms with van der Waals surface area (Å²) in [7, 11) is 1.70. The Morgan fingerprint density at radius 2 is 2.29 bits per heavy atom. The van der Waals surface area contributed by atoms with E-state index in [1.165, 1.54) is 24.3 Å². The van der Waals surface area contributed by atoms with Crippen LogP contribution in [0.15, 0.2) is 0 Å². The smallest absolute Gasteiger partial charge is 0.0700 e. The summed E-state index contributed by atoms with van der Waals surface area (Å²) in [6.45, 7) is 3.16. The van der Waals surface area contributed by atoms with Crippen molar-refractivity contribution in [2.75, 3.05) is 45.0 Å². The second kappa shape index (κ2) is 8.53. The Morgan fingerprint density at radius 1 is 1.36 bits per heavy atom. The number of hydrogen-bond acceptors (Lipinski definition) is 4. The molecule has 14 heavy (non-hydrogen) atoms. The van der Waals surface area contributed by atoms with E-state index in [0.29, 0.717) is 19.3 Å². The number of thioether (sulfide) groups is 1. The van der Waals surface area contributed by atoms with Gasteiger partial charge in [-0.2, -0.15) is 11.8 Å². The van der Waals surface area contributed by atoms with E-state index < -0.39 is 0 Å². The molecule has 0 amide bonds. The third-order valence-electron chi connectivity index (χ3n) is 2.27. The molecule has 0 bridgehead atoms. The zero-order chi connectivity index (χ0) is 10.1. The highest BCUT2D eigenvalue weighted by Gasteiger charge is 2.11. The molecule has 1 heterocycles. The molecule has 1 fully saturated rings. The molecule has 0 radical (unpaired) electrons. The molecule has 1 aliphatic heterocycles. The minimum atomic E-state index is 0.694. The van der Waals surface area contributed by atoms with E-state index in [2.05, 4.69) is 17.1 Å². The largest absolute Gasteiger partial charge is 0.382 e. The lowest BCUT2D eigenvalue weighted by atomic mass is 10.2. The van der Waals surface area contributed by atoms with Gasteiger partial charge in [0.05, 0.1) is 19.8 Å². The van der Waals surface area contributed by atoms with Gasteiger partial charge in [-0.25, -0.2) is 0 Å². The molecule has 1 atom stereocenters. The first-order chi connectivity index (χ1) is 6.93. The highest BCUT2D eigenvalue weighted by Crippen LogP contribution is 2.16. The number of rotatable bonds is 7. The predicted molar refractivity (Wildman–Crippen MR) is 61.0 cm³/mol. The van der Waals surface area contributed by atoms with Crippen molar-refractivity contribution in [3.05, 3.63) is 0 Å². The van der Waals surface area contributed by atoms with E-state index in [0.717, 1.165) is 13.2 Å². The van der Waals surface area contributed by atoms with Gasteiger partial charge in [0.2, 0.25) is 0 Å². The highest BCUT2D eigenvalue weighted by atomic mass is 32.2. The van der Waals surface area contributed by atoms with Crippen molar-refractivity contribution < 1.29 is 9.47 Å². The van der Waals surface area contributed by atoms with Crippen molar-refractivity contribution in [2.24, 2.45) is 0 Å². The van der Waals surface area contributed by atoms with Crippen LogP contribution in [0.3, 0.4) is 0 Å². The molecule has 1 N–H and O–H groups in total. The number of ether oxygens (including phenoxy) is 2. The Kier molecular flexibility index (Phi) is 7.50. The van der Waals surface area contributed by atoms with Crippen LogP contribution in [0.1, 0.15) is 12.8 Å². The summed E-state index contributed by atoms with van der Waals surface area (Å²) < 4.78 is 10.3. The standard InChI is InChI=1S/C10H21NO2S/c1-12-6-7-13-5-4-11-10-3-2-8-14-9-10/h10-11H,2-9H2,1H3. The third-order valence-corrected chi connectivity index (χ3v) is 3.49. The number of hydrogen-bond donors (Lipinski definition) is 1. The van der Waals surface area contributed by atoms with Gasteiger partial charge in [0.25, 0.3) is 0 Å². The fourth-order valence-electron chi connectivity index (χ4n) is 1.48. The van der Waals surface area contributed by atoms with E-state index in [4.69, 9.17) is 9.47 Å². The maximum Gasteiger partial charge on any atom is 0.0700 e. The predicted octanol–water partition coefficient (Wildman–Crippen LogP) is 1.13. The first-order valence-electron chi connectivity index (χ1n) is 5.31. The highest BCUT2D eigenvalue weighted by molar-refractivity contribution is 7.99. The molecule has 1 rings (SSSR count). The Bertz CT molecular complexity index is 129. The lowest BCUT2D eigenvalue weighted by Crippen LogP contribution is -2.36. The van der Waals surface area contributed by atoms with Gasteiger partial charge in [-0.15, -0.1) is 0 Å². The van der Waals surface area contributed by atoms with Gasteiger partial charge in [-0.1, -0.05) is 0 Å². The summed E-state index contributed by atoms with van der Waals surface area (Å²) in [6.07, 6.45) is 2.68. The van der Waals surface area contributed by atoms with Gasteiger partial charge in [0.1, 0.15) is 0 Å². The molecule has 84 valence electrons. The van der Waals surface area contributed by atoms with Gasteiger partial charge >= 0.3 is 0 Å². The van der Waals surface area contributed by atoms with Crippen molar-refractivity contribution in [3.8, 4) is 0 Å². The molecule has 1 aliphatic rings. The van der Waals surface area contributed by atoms with Crippen molar-refractivity contribution in [1.82, 2.24) is 5.32 Å². The molecule has 1 saturated heterocycles. The first-order valence-corrected chi connectivity index (χ1v) is 6.47. The lowest BCUT2D eigenvalue weighted by Gasteiger charge is -2.22. The van der Waals surface area contributed by atoms with Gasteiger partial charge in [0, 0.05) is 25.4 Å².